The number of aromatic nitrogens is 2. The van der Waals surface area contributed by atoms with E-state index in [2.05, 4.69) is 9.97 Å². The standard InChI is InChI=1S/C11H16N2O5/c1-15-3-5-17-10-8-12-9(7-13-10)11(14)18-6-4-16-2/h7-8H,3-6H2,1-2H3. The molecular weight excluding hydrogens is 240 g/mol. The first-order valence-electron chi connectivity index (χ1n) is 5.37. The van der Waals surface area contributed by atoms with E-state index in [1.807, 2.05) is 0 Å². The summed E-state index contributed by atoms with van der Waals surface area (Å²) in [4.78, 5) is 19.3. The molecule has 0 radical (unpaired) electrons. The Bertz CT molecular complexity index is 355. The molecule has 0 bridgehead atoms. The molecule has 0 saturated heterocycles. The maximum atomic E-state index is 11.5. The highest BCUT2D eigenvalue weighted by Crippen LogP contribution is 2.04. The molecule has 0 spiro atoms. The quantitative estimate of drug-likeness (QED) is 0.489. The molecule has 0 fully saturated rings. The van der Waals surface area contributed by atoms with Gasteiger partial charge >= 0.3 is 5.97 Å². The first-order valence-corrected chi connectivity index (χ1v) is 5.37. The van der Waals surface area contributed by atoms with Gasteiger partial charge in [0.2, 0.25) is 5.88 Å². The summed E-state index contributed by atoms with van der Waals surface area (Å²) in [5, 5.41) is 0. The van der Waals surface area contributed by atoms with E-state index < -0.39 is 5.97 Å². The van der Waals surface area contributed by atoms with E-state index in [-0.39, 0.29) is 12.3 Å². The second kappa shape index (κ2) is 8.37. The summed E-state index contributed by atoms with van der Waals surface area (Å²) < 4.78 is 19.7. The predicted molar refractivity (Wildman–Crippen MR) is 61.6 cm³/mol. The van der Waals surface area contributed by atoms with Gasteiger partial charge in [-0.05, 0) is 0 Å². The Morgan fingerprint density at radius 1 is 1.06 bits per heavy atom. The molecule has 18 heavy (non-hydrogen) atoms. The molecule has 0 unspecified atom stereocenters. The van der Waals surface area contributed by atoms with E-state index in [1.165, 1.54) is 19.5 Å². The van der Waals surface area contributed by atoms with Crippen molar-refractivity contribution in [3.8, 4) is 5.88 Å². The molecule has 0 aromatic carbocycles. The summed E-state index contributed by atoms with van der Waals surface area (Å²) in [5.74, 6) is -0.205. The molecule has 100 valence electrons. The molecule has 0 saturated carbocycles. The molecule has 1 heterocycles. The molecule has 7 nitrogen and oxygen atoms in total. The molecule has 1 rings (SSSR count). The Morgan fingerprint density at radius 3 is 2.39 bits per heavy atom. The van der Waals surface area contributed by atoms with Crippen molar-refractivity contribution in [3.63, 3.8) is 0 Å². The lowest BCUT2D eigenvalue weighted by atomic mass is 10.4. The first kappa shape index (κ1) is 14.3. The molecule has 1 aromatic rings. The number of esters is 1. The molecular formula is C11H16N2O5. The van der Waals surface area contributed by atoms with Crippen molar-refractivity contribution in [1.29, 1.82) is 0 Å². The van der Waals surface area contributed by atoms with E-state index in [0.717, 1.165) is 0 Å². The van der Waals surface area contributed by atoms with Crippen LogP contribution in [0.4, 0.5) is 0 Å². The Balaban J connectivity index is 2.41. The highest BCUT2D eigenvalue weighted by atomic mass is 16.6. The third kappa shape index (κ3) is 5.07. The molecule has 0 aliphatic rings. The van der Waals surface area contributed by atoms with Gasteiger partial charge in [-0.2, -0.15) is 0 Å². The van der Waals surface area contributed by atoms with Gasteiger partial charge in [-0.25, -0.2) is 14.8 Å². The van der Waals surface area contributed by atoms with Crippen LogP contribution in [0.1, 0.15) is 10.5 Å². The zero-order valence-electron chi connectivity index (χ0n) is 10.4. The lowest BCUT2D eigenvalue weighted by Gasteiger charge is -2.05. The van der Waals surface area contributed by atoms with Crippen molar-refractivity contribution >= 4 is 5.97 Å². The van der Waals surface area contributed by atoms with E-state index in [0.29, 0.717) is 25.7 Å². The number of carbonyl (C=O) groups is 1. The Labute approximate surface area is 105 Å². The topological polar surface area (TPSA) is 79.8 Å². The van der Waals surface area contributed by atoms with E-state index >= 15 is 0 Å². The fourth-order valence-corrected chi connectivity index (χ4v) is 1.02. The van der Waals surface area contributed by atoms with Crippen LogP contribution in [0.3, 0.4) is 0 Å². The minimum atomic E-state index is -0.539. The SMILES string of the molecule is COCCOC(=O)c1cnc(OCCOC)cn1. The minimum absolute atomic E-state index is 0.130. The van der Waals surface area contributed by atoms with Crippen LogP contribution in [0.25, 0.3) is 0 Å². The van der Waals surface area contributed by atoms with Gasteiger partial charge in [0.15, 0.2) is 5.69 Å². The van der Waals surface area contributed by atoms with Crippen molar-refractivity contribution in [2.24, 2.45) is 0 Å². The van der Waals surface area contributed by atoms with Crippen molar-refractivity contribution in [2.75, 3.05) is 40.6 Å². The summed E-state index contributed by atoms with van der Waals surface area (Å²) in [6.07, 6.45) is 2.67. The van der Waals surface area contributed by atoms with Crippen LogP contribution in [0.5, 0.6) is 5.88 Å². The van der Waals surface area contributed by atoms with Crippen LogP contribution in [0, 0.1) is 0 Å². The van der Waals surface area contributed by atoms with Crippen LogP contribution in [0.15, 0.2) is 12.4 Å². The third-order valence-electron chi connectivity index (χ3n) is 1.90. The summed E-state index contributed by atoms with van der Waals surface area (Å²) in [5.41, 5.74) is 0.130. The van der Waals surface area contributed by atoms with Gasteiger partial charge < -0.3 is 18.9 Å². The predicted octanol–water partition coefficient (Wildman–Crippen LogP) is 0.305. The number of nitrogens with zero attached hydrogens (tertiary/aromatic N) is 2. The second-order valence-corrected chi connectivity index (χ2v) is 3.21. The normalized spacial score (nSPS) is 10.1. The molecule has 0 aliphatic heterocycles. The van der Waals surface area contributed by atoms with Gasteiger partial charge in [0, 0.05) is 14.2 Å². The first-order chi connectivity index (χ1) is 8.77. The zero-order chi connectivity index (χ0) is 13.2. The molecule has 0 atom stereocenters. The number of carbonyl (C=O) groups excluding carboxylic acids is 1. The Hall–Kier alpha value is -1.73. The summed E-state index contributed by atoms with van der Waals surface area (Å²) in [7, 11) is 3.11. The van der Waals surface area contributed by atoms with Crippen LogP contribution >= 0.6 is 0 Å². The van der Waals surface area contributed by atoms with Crippen LogP contribution in [-0.2, 0) is 14.2 Å². The Kier molecular flexibility index (Phi) is 6.67. The van der Waals surface area contributed by atoms with Crippen molar-refractivity contribution < 1.29 is 23.7 Å². The molecule has 0 aliphatic carbocycles. The van der Waals surface area contributed by atoms with Crippen molar-refractivity contribution in [2.45, 2.75) is 0 Å². The number of rotatable bonds is 8. The largest absolute Gasteiger partial charge is 0.474 e. The maximum Gasteiger partial charge on any atom is 0.358 e. The van der Waals surface area contributed by atoms with Gasteiger partial charge in [0.05, 0.1) is 25.6 Å². The Morgan fingerprint density at radius 2 is 1.78 bits per heavy atom. The summed E-state index contributed by atoms with van der Waals surface area (Å²) in [6, 6.07) is 0. The van der Waals surface area contributed by atoms with Crippen LogP contribution in [-0.4, -0.2) is 56.6 Å². The third-order valence-corrected chi connectivity index (χ3v) is 1.90. The average Bonchev–Trinajstić information content (AvgIpc) is 2.40. The number of methoxy groups -OCH3 is 2. The van der Waals surface area contributed by atoms with Crippen LogP contribution in [0.2, 0.25) is 0 Å². The molecule has 1 aromatic heterocycles. The van der Waals surface area contributed by atoms with Crippen molar-refractivity contribution in [3.05, 3.63) is 18.1 Å². The molecule has 7 heteroatoms. The van der Waals surface area contributed by atoms with Gasteiger partial charge in [-0.15, -0.1) is 0 Å². The fraction of sp³-hybridized carbons (Fsp3) is 0.545. The van der Waals surface area contributed by atoms with Gasteiger partial charge in [0.25, 0.3) is 0 Å². The van der Waals surface area contributed by atoms with Gasteiger partial charge in [-0.1, -0.05) is 0 Å². The zero-order valence-corrected chi connectivity index (χ0v) is 10.4. The molecule has 0 N–H and O–H groups in total. The van der Waals surface area contributed by atoms with E-state index in [4.69, 9.17) is 18.9 Å². The summed E-state index contributed by atoms with van der Waals surface area (Å²) >= 11 is 0. The lowest BCUT2D eigenvalue weighted by molar-refractivity contribution is 0.0381. The van der Waals surface area contributed by atoms with Crippen LogP contribution < -0.4 is 4.74 Å². The maximum absolute atomic E-state index is 11.5. The number of ether oxygens (including phenoxy) is 4. The smallest absolute Gasteiger partial charge is 0.358 e. The number of hydrogen-bond donors (Lipinski definition) is 0. The molecule has 0 amide bonds. The highest BCUT2D eigenvalue weighted by molar-refractivity contribution is 5.86. The second-order valence-electron chi connectivity index (χ2n) is 3.21. The van der Waals surface area contributed by atoms with Crippen molar-refractivity contribution in [1.82, 2.24) is 9.97 Å². The van der Waals surface area contributed by atoms with E-state index in [1.54, 1.807) is 7.11 Å². The van der Waals surface area contributed by atoms with Gasteiger partial charge in [-0.3, -0.25) is 0 Å². The highest BCUT2D eigenvalue weighted by Gasteiger charge is 2.09. The fourth-order valence-electron chi connectivity index (χ4n) is 1.02. The minimum Gasteiger partial charge on any atom is -0.474 e. The average molecular weight is 256 g/mol. The van der Waals surface area contributed by atoms with Gasteiger partial charge in [0.1, 0.15) is 13.2 Å². The lowest BCUT2D eigenvalue weighted by Crippen LogP contribution is -2.12. The number of hydrogen-bond acceptors (Lipinski definition) is 7. The monoisotopic (exact) mass is 256 g/mol. The van der Waals surface area contributed by atoms with E-state index in [9.17, 15) is 4.79 Å². The summed E-state index contributed by atoms with van der Waals surface area (Å²) in [6.45, 7) is 1.37.